The number of hydrogen-bond acceptors (Lipinski definition) is 4. The van der Waals surface area contributed by atoms with Gasteiger partial charge in [0.25, 0.3) is 0 Å². The van der Waals surface area contributed by atoms with E-state index in [1.165, 1.54) is 13.0 Å². The standard InChI is InChI=1S/C26H19Cl3F6N2O2/c1-11-6-16(8-19(27)12(11)2)17(25(31,32)33)9-20(30)14-4-5-15(10-38)18(7-14)26(34,35)37-22-21(28)13(3)36-24(29)23(22)39/h4-10,17,39H,1-3H3,(H,36,37)/b20-9-. The summed E-state index contributed by atoms with van der Waals surface area (Å²) in [7, 11) is 0. The van der Waals surface area contributed by atoms with Crippen molar-refractivity contribution in [1.29, 1.82) is 0 Å². The van der Waals surface area contributed by atoms with Crippen LogP contribution in [0.1, 0.15) is 49.8 Å². The van der Waals surface area contributed by atoms with Crippen LogP contribution in [0.25, 0.3) is 5.83 Å². The third kappa shape index (κ3) is 6.45. The number of pyridine rings is 1. The van der Waals surface area contributed by atoms with E-state index in [-0.39, 0.29) is 28.6 Å². The number of carbonyl (C=O) groups is 1. The van der Waals surface area contributed by atoms with Crippen molar-refractivity contribution in [3.05, 3.63) is 90.7 Å². The zero-order valence-corrected chi connectivity index (χ0v) is 22.6. The van der Waals surface area contributed by atoms with Crippen LogP contribution in [0.15, 0.2) is 36.4 Å². The number of aromatic hydroxyl groups is 1. The van der Waals surface area contributed by atoms with E-state index >= 15 is 13.2 Å². The van der Waals surface area contributed by atoms with E-state index in [4.69, 9.17) is 34.8 Å². The zero-order chi connectivity index (χ0) is 29.4. The van der Waals surface area contributed by atoms with E-state index in [1.54, 1.807) is 19.2 Å². The number of nitrogens with one attached hydrogen (secondary N) is 1. The third-order valence-electron chi connectivity index (χ3n) is 5.96. The number of aryl methyl sites for hydroxylation is 2. The summed E-state index contributed by atoms with van der Waals surface area (Å²) < 4.78 is 87.8. The van der Waals surface area contributed by atoms with E-state index in [0.717, 1.165) is 18.2 Å². The van der Waals surface area contributed by atoms with E-state index in [9.17, 15) is 23.1 Å². The molecule has 0 aliphatic heterocycles. The summed E-state index contributed by atoms with van der Waals surface area (Å²) in [6, 6.07) is 0.305. The number of carbonyl (C=O) groups excluding carboxylic acids is 1. The number of rotatable bonds is 7. The molecule has 1 atom stereocenters. The first-order valence-corrected chi connectivity index (χ1v) is 12.1. The Morgan fingerprint density at radius 1 is 1.05 bits per heavy atom. The largest absolute Gasteiger partial charge is 0.503 e. The number of aldehydes is 1. The summed E-state index contributed by atoms with van der Waals surface area (Å²) in [6.45, 7) is 4.48. The molecule has 0 fully saturated rings. The van der Waals surface area contributed by atoms with Crippen molar-refractivity contribution >= 4 is 52.6 Å². The van der Waals surface area contributed by atoms with E-state index in [2.05, 4.69) is 4.98 Å². The molecule has 0 bridgehead atoms. The molecule has 0 amide bonds. The molecule has 208 valence electrons. The van der Waals surface area contributed by atoms with Crippen LogP contribution >= 0.6 is 34.8 Å². The maximum Gasteiger partial charge on any atom is 0.399 e. The maximum atomic E-state index is 15.4. The minimum atomic E-state index is -4.95. The second kappa shape index (κ2) is 11.3. The van der Waals surface area contributed by atoms with Gasteiger partial charge in [-0.25, -0.2) is 9.37 Å². The molecule has 0 radical (unpaired) electrons. The number of nitrogens with zero attached hydrogens (tertiary/aromatic N) is 1. The Balaban J connectivity index is 2.12. The minimum Gasteiger partial charge on any atom is -0.503 e. The van der Waals surface area contributed by atoms with Crippen LogP contribution in [0.3, 0.4) is 0 Å². The topological polar surface area (TPSA) is 62.2 Å². The van der Waals surface area contributed by atoms with Gasteiger partial charge in [-0.1, -0.05) is 53.0 Å². The van der Waals surface area contributed by atoms with Crippen molar-refractivity contribution in [1.82, 2.24) is 4.98 Å². The number of alkyl halides is 5. The maximum absolute atomic E-state index is 15.4. The molecule has 2 aromatic carbocycles. The average molecular weight is 612 g/mol. The molecular formula is C26H19Cl3F6N2O2. The number of halogens is 9. The number of allylic oxidation sites excluding steroid dienone is 1. The Kier molecular flexibility index (Phi) is 8.84. The van der Waals surface area contributed by atoms with Gasteiger partial charge in [0.05, 0.1) is 16.3 Å². The Hall–Kier alpha value is -2.95. The van der Waals surface area contributed by atoms with Gasteiger partial charge in [0.15, 0.2) is 17.2 Å². The molecule has 0 saturated carbocycles. The highest BCUT2D eigenvalue weighted by molar-refractivity contribution is 6.36. The van der Waals surface area contributed by atoms with Crippen molar-refractivity contribution < 1.29 is 36.2 Å². The van der Waals surface area contributed by atoms with Gasteiger partial charge in [-0.3, -0.25) is 4.79 Å². The fraction of sp³-hybridized carbons (Fsp3) is 0.231. The molecule has 2 N–H and O–H groups in total. The van der Waals surface area contributed by atoms with Crippen LogP contribution in [-0.2, 0) is 6.05 Å². The molecule has 0 aliphatic carbocycles. The lowest BCUT2D eigenvalue weighted by atomic mass is 9.93. The Morgan fingerprint density at radius 2 is 1.69 bits per heavy atom. The Labute approximate surface area is 234 Å². The predicted molar refractivity (Wildman–Crippen MR) is 139 cm³/mol. The molecule has 39 heavy (non-hydrogen) atoms. The smallest absolute Gasteiger partial charge is 0.399 e. The molecule has 3 aromatic rings. The fourth-order valence-corrected chi connectivity index (χ4v) is 4.38. The lowest BCUT2D eigenvalue weighted by molar-refractivity contribution is -0.139. The van der Waals surface area contributed by atoms with Crippen LogP contribution in [0, 0.1) is 20.8 Å². The van der Waals surface area contributed by atoms with Gasteiger partial charge >= 0.3 is 12.2 Å². The fourth-order valence-electron chi connectivity index (χ4n) is 3.70. The van der Waals surface area contributed by atoms with Crippen LogP contribution in [0.4, 0.5) is 32.0 Å². The van der Waals surface area contributed by atoms with E-state index < -0.39 is 62.3 Å². The van der Waals surface area contributed by atoms with Crippen LogP contribution in [-0.4, -0.2) is 22.6 Å². The summed E-state index contributed by atoms with van der Waals surface area (Å²) in [6.07, 6.45) is -4.66. The quantitative estimate of drug-likeness (QED) is 0.121. The molecule has 0 spiro atoms. The molecule has 1 aromatic heterocycles. The first-order valence-electron chi connectivity index (χ1n) is 11.0. The molecule has 4 nitrogen and oxygen atoms in total. The van der Waals surface area contributed by atoms with Gasteiger partial charge in [-0.2, -0.15) is 22.0 Å². The van der Waals surface area contributed by atoms with E-state index in [0.29, 0.717) is 17.2 Å². The number of aromatic nitrogens is 1. The molecule has 0 aliphatic rings. The zero-order valence-electron chi connectivity index (χ0n) is 20.3. The van der Waals surface area contributed by atoms with Crippen molar-refractivity contribution in [2.45, 2.75) is 38.9 Å². The van der Waals surface area contributed by atoms with Crippen LogP contribution in [0.2, 0.25) is 15.2 Å². The third-order valence-corrected chi connectivity index (χ3v) is 7.08. The average Bonchev–Trinajstić information content (AvgIpc) is 2.85. The van der Waals surface area contributed by atoms with Gasteiger partial charge in [0, 0.05) is 16.1 Å². The summed E-state index contributed by atoms with van der Waals surface area (Å²) in [5, 5.41) is 10.9. The first kappa shape index (κ1) is 30.6. The predicted octanol–water partition coefficient (Wildman–Crippen LogP) is 9.30. The Morgan fingerprint density at radius 3 is 2.26 bits per heavy atom. The monoisotopic (exact) mass is 610 g/mol. The Bertz CT molecular complexity index is 1430. The normalized spacial score (nSPS) is 13.4. The molecule has 1 unspecified atom stereocenters. The second-order valence-electron chi connectivity index (χ2n) is 8.62. The van der Waals surface area contributed by atoms with Crippen LogP contribution < -0.4 is 5.32 Å². The van der Waals surface area contributed by atoms with Crippen molar-refractivity contribution in [2.24, 2.45) is 0 Å². The van der Waals surface area contributed by atoms with Crippen molar-refractivity contribution in [3.63, 3.8) is 0 Å². The highest BCUT2D eigenvalue weighted by Crippen LogP contribution is 2.44. The molecule has 13 heteroatoms. The molecular weight excluding hydrogens is 593 g/mol. The lowest BCUT2D eigenvalue weighted by Gasteiger charge is -2.23. The highest BCUT2D eigenvalue weighted by atomic mass is 35.5. The summed E-state index contributed by atoms with van der Waals surface area (Å²) in [5.74, 6) is -4.86. The molecule has 0 saturated heterocycles. The molecule has 1 heterocycles. The minimum absolute atomic E-state index is 0.0132. The first-order chi connectivity index (χ1) is 18.0. The lowest BCUT2D eigenvalue weighted by Crippen LogP contribution is -2.27. The van der Waals surface area contributed by atoms with E-state index in [1.807, 2.05) is 0 Å². The summed E-state index contributed by atoms with van der Waals surface area (Å²) in [4.78, 5) is 15.2. The second-order valence-corrected chi connectivity index (χ2v) is 9.77. The van der Waals surface area contributed by atoms with Gasteiger partial charge in [-0.05, 0) is 55.7 Å². The number of hydrogen-bond donors (Lipinski definition) is 2. The number of anilines is 1. The summed E-state index contributed by atoms with van der Waals surface area (Å²) in [5.41, 5.74) is -2.47. The van der Waals surface area contributed by atoms with Crippen LogP contribution in [0.5, 0.6) is 5.75 Å². The highest BCUT2D eigenvalue weighted by Gasteiger charge is 2.41. The SMILES string of the molecule is Cc1cc(C(/C=C(\F)c2ccc(C=O)c(C(F)(F)Nc3c(O)c(Cl)nc(C)c3Cl)c2)C(F)(F)F)cc(Cl)c1C. The van der Waals surface area contributed by atoms with Gasteiger partial charge < -0.3 is 10.4 Å². The molecule has 3 rings (SSSR count). The number of benzene rings is 2. The van der Waals surface area contributed by atoms with Crippen molar-refractivity contribution in [2.75, 3.05) is 5.32 Å². The van der Waals surface area contributed by atoms with Gasteiger partial charge in [-0.15, -0.1) is 0 Å². The van der Waals surface area contributed by atoms with Crippen molar-refractivity contribution in [3.8, 4) is 5.75 Å². The summed E-state index contributed by atoms with van der Waals surface area (Å²) >= 11 is 17.7. The van der Waals surface area contributed by atoms with Gasteiger partial charge in [0.1, 0.15) is 17.4 Å². The van der Waals surface area contributed by atoms with Gasteiger partial charge in [0.2, 0.25) is 0 Å².